The van der Waals surface area contributed by atoms with Crippen molar-refractivity contribution in [1.29, 1.82) is 0 Å². The van der Waals surface area contributed by atoms with Gasteiger partial charge >= 0.3 is 11.9 Å². The number of carbonyl (C=O) groups is 2. The topological polar surface area (TPSA) is 111 Å². The smallest absolute Gasteiger partial charge is 0.306 e. The standard InChI is InChI=1S/C66H126NO8P/c1-6-8-10-12-14-16-18-20-21-22-23-24-25-26-27-28-29-30-31-32-33-34-35-36-37-38-39-40-41-42-43-44-45-47-49-51-53-55-57-59-66(69)75-64(63-74-76(70,71)73-61-60-67(3,4)5)62-72-65(68)58-56-54-52-50-48-46-19-17-15-13-11-9-7-2/h18,20,22-23,25-26,64H,6-17,19,21,24,27-63H2,1-5H3/b20-18-,23-22-,26-25-. The summed E-state index contributed by atoms with van der Waals surface area (Å²) in [5, 5.41) is 0. The van der Waals surface area contributed by atoms with Crippen molar-refractivity contribution in [3.8, 4) is 0 Å². The summed E-state index contributed by atoms with van der Waals surface area (Å²) in [5.41, 5.74) is 0. The van der Waals surface area contributed by atoms with Gasteiger partial charge in [0, 0.05) is 12.8 Å². The van der Waals surface area contributed by atoms with Crippen LogP contribution in [0.25, 0.3) is 0 Å². The van der Waals surface area contributed by atoms with E-state index in [2.05, 4.69) is 50.3 Å². The van der Waals surface area contributed by atoms with Gasteiger partial charge in [0.1, 0.15) is 19.8 Å². The zero-order chi connectivity index (χ0) is 55.6. The van der Waals surface area contributed by atoms with Crippen LogP contribution in [0.1, 0.15) is 322 Å². The monoisotopic (exact) mass is 1090 g/mol. The lowest BCUT2D eigenvalue weighted by atomic mass is 10.0. The number of hydrogen-bond donors (Lipinski definition) is 0. The normalized spacial score (nSPS) is 13.4. The van der Waals surface area contributed by atoms with Crippen molar-refractivity contribution in [2.24, 2.45) is 0 Å². The largest absolute Gasteiger partial charge is 0.756 e. The second-order valence-corrected chi connectivity index (χ2v) is 24.9. The summed E-state index contributed by atoms with van der Waals surface area (Å²) in [7, 11) is 1.18. The molecule has 0 saturated carbocycles. The first-order valence-electron chi connectivity index (χ1n) is 32.7. The summed E-state index contributed by atoms with van der Waals surface area (Å²) < 4.78 is 34.2. The molecule has 0 heterocycles. The highest BCUT2D eigenvalue weighted by molar-refractivity contribution is 7.45. The summed E-state index contributed by atoms with van der Waals surface area (Å²) in [6.07, 6.45) is 72.3. The number of phosphoric acid groups is 1. The Kier molecular flexibility index (Phi) is 56.6. The number of esters is 2. The molecule has 0 aromatic carbocycles. The van der Waals surface area contributed by atoms with Crippen LogP contribution >= 0.6 is 7.82 Å². The molecule has 2 atom stereocenters. The van der Waals surface area contributed by atoms with E-state index in [9.17, 15) is 19.0 Å². The van der Waals surface area contributed by atoms with E-state index in [1.165, 1.54) is 244 Å². The van der Waals surface area contributed by atoms with E-state index in [1.54, 1.807) is 0 Å². The number of nitrogens with zero attached hydrogens (tertiary/aromatic N) is 1. The minimum absolute atomic E-state index is 0.0272. The van der Waals surface area contributed by atoms with E-state index in [4.69, 9.17) is 18.5 Å². The fourth-order valence-corrected chi connectivity index (χ4v) is 10.3. The SMILES string of the molecule is CCCCCCC/C=C\C/C=C\C/C=C\CCCCCCCCCCCCCCCCCCCCCCCCCCC(=O)OC(COC(=O)CCCCCCCCCCCCCCC)COP(=O)([O-])OCC[N+](C)(C)C. The zero-order valence-corrected chi connectivity index (χ0v) is 51.9. The molecular formula is C66H126NO8P. The molecule has 0 spiro atoms. The van der Waals surface area contributed by atoms with Crippen LogP contribution in [0.15, 0.2) is 36.5 Å². The molecule has 9 nitrogen and oxygen atoms in total. The quantitative estimate of drug-likeness (QED) is 0.0195. The van der Waals surface area contributed by atoms with Crippen molar-refractivity contribution < 1.29 is 42.1 Å². The average molecular weight is 1090 g/mol. The van der Waals surface area contributed by atoms with Gasteiger partial charge < -0.3 is 27.9 Å². The Hall–Kier alpha value is -1.77. The van der Waals surface area contributed by atoms with E-state index in [-0.39, 0.29) is 32.0 Å². The molecule has 0 aliphatic rings. The van der Waals surface area contributed by atoms with Gasteiger partial charge in [-0.25, -0.2) is 0 Å². The third-order valence-electron chi connectivity index (χ3n) is 14.7. The molecule has 0 saturated heterocycles. The number of likely N-dealkylation sites (N-methyl/N-ethyl adjacent to an activating group) is 1. The molecule has 10 heteroatoms. The lowest BCUT2D eigenvalue weighted by Crippen LogP contribution is -2.37. The van der Waals surface area contributed by atoms with Crippen LogP contribution in [0.4, 0.5) is 0 Å². The maximum atomic E-state index is 12.8. The van der Waals surface area contributed by atoms with Gasteiger partial charge in [-0.1, -0.05) is 294 Å². The van der Waals surface area contributed by atoms with Crippen LogP contribution < -0.4 is 4.89 Å². The molecule has 0 aromatic heterocycles. The fraction of sp³-hybridized carbons (Fsp3) is 0.879. The van der Waals surface area contributed by atoms with Gasteiger partial charge in [-0.05, 0) is 51.4 Å². The van der Waals surface area contributed by atoms with Crippen molar-refractivity contribution in [3.63, 3.8) is 0 Å². The third-order valence-corrected chi connectivity index (χ3v) is 15.6. The molecule has 0 aromatic rings. The predicted octanol–water partition coefficient (Wildman–Crippen LogP) is 20.1. The highest BCUT2D eigenvalue weighted by atomic mass is 31.2. The molecule has 0 radical (unpaired) electrons. The Bertz CT molecular complexity index is 1380. The number of ether oxygens (including phenoxy) is 2. The highest BCUT2D eigenvalue weighted by Gasteiger charge is 2.22. The van der Waals surface area contributed by atoms with Crippen LogP contribution in [0.3, 0.4) is 0 Å². The van der Waals surface area contributed by atoms with Crippen LogP contribution in [0.5, 0.6) is 0 Å². The maximum absolute atomic E-state index is 12.8. The number of hydrogen-bond acceptors (Lipinski definition) is 8. The lowest BCUT2D eigenvalue weighted by Gasteiger charge is -2.28. The van der Waals surface area contributed by atoms with E-state index < -0.39 is 26.5 Å². The van der Waals surface area contributed by atoms with Crippen LogP contribution in [-0.4, -0.2) is 70.0 Å². The number of carbonyl (C=O) groups excluding carboxylic acids is 2. The predicted molar refractivity (Wildman–Crippen MR) is 324 cm³/mol. The van der Waals surface area contributed by atoms with Crippen LogP contribution in [0, 0.1) is 0 Å². The minimum Gasteiger partial charge on any atom is -0.756 e. The number of quaternary nitrogens is 1. The number of allylic oxidation sites excluding steroid dienone is 6. The number of phosphoric ester groups is 1. The van der Waals surface area contributed by atoms with Crippen molar-refractivity contribution in [3.05, 3.63) is 36.5 Å². The van der Waals surface area contributed by atoms with Gasteiger partial charge in [0.15, 0.2) is 6.10 Å². The molecule has 0 bridgehead atoms. The minimum atomic E-state index is -4.63. The molecule has 448 valence electrons. The fourth-order valence-electron chi connectivity index (χ4n) is 9.61. The van der Waals surface area contributed by atoms with Crippen molar-refractivity contribution in [2.45, 2.75) is 328 Å². The van der Waals surface area contributed by atoms with E-state index in [0.717, 1.165) is 44.9 Å². The molecule has 0 aliphatic carbocycles. The summed E-state index contributed by atoms with van der Waals surface area (Å²) in [4.78, 5) is 37.8. The lowest BCUT2D eigenvalue weighted by molar-refractivity contribution is -0.870. The van der Waals surface area contributed by atoms with Crippen molar-refractivity contribution in [2.75, 3.05) is 47.5 Å². The van der Waals surface area contributed by atoms with Gasteiger partial charge in [0.2, 0.25) is 0 Å². The van der Waals surface area contributed by atoms with Gasteiger partial charge in [-0.2, -0.15) is 0 Å². The summed E-state index contributed by atoms with van der Waals surface area (Å²) >= 11 is 0. The first-order chi connectivity index (χ1) is 37.0. The Morgan fingerprint density at radius 3 is 1.05 bits per heavy atom. The maximum Gasteiger partial charge on any atom is 0.306 e. The number of rotatable bonds is 61. The summed E-state index contributed by atoms with van der Waals surface area (Å²) in [6.45, 7) is 4.27. The van der Waals surface area contributed by atoms with Crippen LogP contribution in [-0.2, 0) is 32.7 Å². The second kappa shape index (κ2) is 57.9. The molecule has 2 unspecified atom stereocenters. The molecule has 0 fully saturated rings. The van der Waals surface area contributed by atoms with Gasteiger partial charge in [0.05, 0.1) is 27.7 Å². The Morgan fingerprint density at radius 1 is 0.408 bits per heavy atom. The van der Waals surface area contributed by atoms with Crippen molar-refractivity contribution >= 4 is 19.8 Å². The molecule has 0 aliphatic heterocycles. The highest BCUT2D eigenvalue weighted by Crippen LogP contribution is 2.38. The summed E-state index contributed by atoms with van der Waals surface area (Å²) in [6, 6.07) is 0. The van der Waals surface area contributed by atoms with E-state index >= 15 is 0 Å². The molecule has 0 N–H and O–H groups in total. The first kappa shape index (κ1) is 74.2. The average Bonchev–Trinajstić information content (AvgIpc) is 3.38. The van der Waals surface area contributed by atoms with E-state index in [1.807, 2.05) is 21.1 Å². The van der Waals surface area contributed by atoms with Gasteiger partial charge in [0.25, 0.3) is 7.82 Å². The number of unbranched alkanes of at least 4 members (excludes halogenated alkanes) is 41. The van der Waals surface area contributed by atoms with Crippen LogP contribution in [0.2, 0.25) is 0 Å². The van der Waals surface area contributed by atoms with Crippen molar-refractivity contribution in [1.82, 2.24) is 0 Å². The molecule has 76 heavy (non-hydrogen) atoms. The molecule has 0 rings (SSSR count). The third kappa shape index (κ3) is 61.4. The van der Waals surface area contributed by atoms with E-state index in [0.29, 0.717) is 17.4 Å². The Labute approximate surface area is 471 Å². The second-order valence-electron chi connectivity index (χ2n) is 23.5. The molecule has 0 amide bonds. The first-order valence-corrected chi connectivity index (χ1v) is 34.2. The van der Waals surface area contributed by atoms with Gasteiger partial charge in [-0.3, -0.25) is 14.2 Å². The summed E-state index contributed by atoms with van der Waals surface area (Å²) in [5.74, 6) is -0.816. The molecular weight excluding hydrogens is 966 g/mol. The zero-order valence-electron chi connectivity index (χ0n) is 51.0. The van der Waals surface area contributed by atoms with Gasteiger partial charge in [-0.15, -0.1) is 0 Å². The Balaban J connectivity index is 3.87. The Morgan fingerprint density at radius 2 is 0.711 bits per heavy atom.